The molecule has 0 saturated carbocycles. The third-order valence-electron chi connectivity index (χ3n) is 5.93. The number of aryl methyl sites for hydroxylation is 1. The minimum Gasteiger partial charge on any atom is -0.483 e. The molecule has 1 aromatic carbocycles. The number of nitrogens with one attached hydrogen (secondary N) is 1. The number of carboxylic acid groups (broad SMARTS) is 1. The van der Waals surface area contributed by atoms with Crippen LogP contribution >= 0.6 is 11.3 Å². The highest BCUT2D eigenvalue weighted by Crippen LogP contribution is 2.35. The quantitative estimate of drug-likeness (QED) is 0.502. The molecule has 2 N–H and O–H groups in total. The Hall–Kier alpha value is -2.58. The van der Waals surface area contributed by atoms with Crippen LogP contribution < -0.4 is 0 Å². The number of ketones is 1. The predicted octanol–water partition coefficient (Wildman–Crippen LogP) is 3.61. The van der Waals surface area contributed by atoms with Crippen molar-refractivity contribution in [3.05, 3.63) is 35.0 Å². The maximum atomic E-state index is 13.0. The minimum absolute atomic E-state index is 0.169. The first kappa shape index (κ1) is 19.7. The van der Waals surface area contributed by atoms with Gasteiger partial charge < -0.3 is 10.0 Å². The van der Waals surface area contributed by atoms with Crippen molar-refractivity contribution in [1.82, 2.24) is 20.1 Å². The number of hydrogen-bond acceptors (Lipinski definition) is 6. The zero-order valence-electron chi connectivity index (χ0n) is 16.3. The molecule has 3 saturated heterocycles. The van der Waals surface area contributed by atoms with Gasteiger partial charge in [0.2, 0.25) is 0 Å². The van der Waals surface area contributed by atoms with E-state index < -0.39 is 0 Å². The van der Waals surface area contributed by atoms with E-state index in [4.69, 9.17) is 9.90 Å². The lowest BCUT2D eigenvalue weighted by atomic mass is 9.76. The number of aromatic nitrogens is 3. The molecule has 8 heteroatoms. The van der Waals surface area contributed by atoms with Crippen molar-refractivity contribution in [3.8, 4) is 10.6 Å². The molecule has 2 aromatic heterocycles. The van der Waals surface area contributed by atoms with Crippen molar-refractivity contribution in [1.29, 1.82) is 0 Å². The van der Waals surface area contributed by atoms with Gasteiger partial charge >= 0.3 is 0 Å². The lowest BCUT2D eigenvalue weighted by Gasteiger charge is -2.44. The molecule has 0 aliphatic carbocycles. The zero-order valence-corrected chi connectivity index (χ0v) is 17.1. The van der Waals surface area contributed by atoms with Crippen LogP contribution in [0.5, 0.6) is 0 Å². The number of benzene rings is 1. The van der Waals surface area contributed by atoms with E-state index in [0.717, 1.165) is 28.0 Å². The van der Waals surface area contributed by atoms with E-state index in [1.807, 2.05) is 18.3 Å². The number of piperidine rings is 3. The van der Waals surface area contributed by atoms with Crippen LogP contribution in [0.3, 0.4) is 0 Å². The Morgan fingerprint density at radius 3 is 2.76 bits per heavy atom. The fourth-order valence-corrected chi connectivity index (χ4v) is 5.26. The average molecular weight is 413 g/mol. The van der Waals surface area contributed by atoms with Gasteiger partial charge in [-0.05, 0) is 62.9 Å². The first-order valence-electron chi connectivity index (χ1n) is 9.83. The Balaban J connectivity index is 0.000000645. The minimum atomic E-state index is -0.250. The Morgan fingerprint density at radius 1 is 1.38 bits per heavy atom. The first-order chi connectivity index (χ1) is 14.1. The summed E-state index contributed by atoms with van der Waals surface area (Å²) < 4.78 is 0. The summed E-state index contributed by atoms with van der Waals surface area (Å²) in [6.07, 6.45) is 4.99. The summed E-state index contributed by atoms with van der Waals surface area (Å²) >= 11 is 1.67. The summed E-state index contributed by atoms with van der Waals surface area (Å²) in [5.41, 5.74) is 2.56. The van der Waals surface area contributed by atoms with Gasteiger partial charge in [0.05, 0.1) is 5.52 Å². The van der Waals surface area contributed by atoms with Crippen LogP contribution in [-0.4, -0.2) is 57.1 Å². The second-order valence-corrected chi connectivity index (χ2v) is 8.97. The third-order valence-corrected chi connectivity index (χ3v) is 6.90. The zero-order chi connectivity index (χ0) is 20.4. The molecule has 5 heterocycles. The largest absolute Gasteiger partial charge is 0.483 e. The molecule has 3 fully saturated rings. The van der Waals surface area contributed by atoms with E-state index in [2.05, 4.69) is 33.1 Å². The summed E-state index contributed by atoms with van der Waals surface area (Å²) in [5.74, 6) is 1.37. The van der Waals surface area contributed by atoms with Gasteiger partial charge in [-0.25, -0.2) is 4.98 Å². The third kappa shape index (κ3) is 4.09. The van der Waals surface area contributed by atoms with Crippen molar-refractivity contribution in [2.75, 3.05) is 19.6 Å². The van der Waals surface area contributed by atoms with Gasteiger partial charge in [-0.3, -0.25) is 14.7 Å². The SMILES string of the molecule is Cc1cnc(-c2ccc3[nH]nc(C(=O)C[C@H]4CN5CCC4CC5)c3c2)s1.O=CO. The van der Waals surface area contributed by atoms with Crippen molar-refractivity contribution in [2.45, 2.75) is 26.2 Å². The van der Waals surface area contributed by atoms with Crippen molar-refractivity contribution in [2.24, 2.45) is 11.8 Å². The van der Waals surface area contributed by atoms with E-state index in [1.54, 1.807) is 11.3 Å². The molecular formula is C21H24N4O3S. The molecule has 3 aliphatic heterocycles. The lowest BCUT2D eigenvalue weighted by molar-refractivity contribution is -0.122. The number of H-pyrrole nitrogens is 1. The standard InChI is InChI=1S/C20H22N4OS.CH2O2/c1-12-10-21-20(26-12)14-2-3-17-16(8-14)19(23-22-17)18(25)9-15-11-24-6-4-13(15)5-7-24;2-1-3/h2-3,8,10,13,15H,4-7,9,11H2,1H3,(H,22,23);1H,(H,2,3)/t15-;/m0./s1. The number of hydrogen-bond donors (Lipinski definition) is 2. The molecule has 0 unspecified atom stereocenters. The molecule has 3 aromatic rings. The van der Waals surface area contributed by atoms with Gasteiger partial charge in [0.1, 0.15) is 10.7 Å². The van der Waals surface area contributed by atoms with E-state index >= 15 is 0 Å². The fourth-order valence-electron chi connectivity index (χ4n) is 4.50. The Bertz CT molecular complexity index is 1020. The summed E-state index contributed by atoms with van der Waals surface area (Å²) in [6.45, 7) is 5.29. The Morgan fingerprint density at radius 2 is 2.14 bits per heavy atom. The molecule has 1 atom stereocenters. The second-order valence-electron chi connectivity index (χ2n) is 7.74. The number of thiazole rings is 1. The lowest BCUT2D eigenvalue weighted by Crippen LogP contribution is -2.47. The van der Waals surface area contributed by atoms with Crippen LogP contribution in [0.25, 0.3) is 21.5 Å². The molecule has 6 rings (SSSR count). The van der Waals surface area contributed by atoms with Crippen LogP contribution in [-0.2, 0) is 4.79 Å². The molecule has 29 heavy (non-hydrogen) atoms. The van der Waals surface area contributed by atoms with E-state index in [9.17, 15) is 4.79 Å². The van der Waals surface area contributed by atoms with Crippen molar-refractivity contribution >= 4 is 34.5 Å². The summed E-state index contributed by atoms with van der Waals surface area (Å²) in [6, 6.07) is 6.10. The van der Waals surface area contributed by atoms with Crippen molar-refractivity contribution in [3.63, 3.8) is 0 Å². The Labute approximate surface area is 172 Å². The number of aromatic amines is 1. The topological polar surface area (TPSA) is 99.2 Å². The highest BCUT2D eigenvalue weighted by molar-refractivity contribution is 7.14. The highest BCUT2D eigenvalue weighted by Gasteiger charge is 2.35. The van der Waals surface area contributed by atoms with Gasteiger partial charge in [0.15, 0.2) is 5.78 Å². The Kier molecular flexibility index (Phi) is 5.73. The number of rotatable bonds is 4. The maximum Gasteiger partial charge on any atom is 0.290 e. The van der Waals surface area contributed by atoms with E-state index in [0.29, 0.717) is 24.0 Å². The first-order valence-corrected chi connectivity index (χ1v) is 10.6. The van der Waals surface area contributed by atoms with Gasteiger partial charge in [0, 0.05) is 35.0 Å². The van der Waals surface area contributed by atoms with Gasteiger partial charge in [-0.15, -0.1) is 11.3 Å². The fraction of sp³-hybridized carbons (Fsp3) is 0.429. The number of carbonyl (C=O) groups is 2. The summed E-state index contributed by atoms with van der Waals surface area (Å²) in [5, 5.41) is 16.2. The smallest absolute Gasteiger partial charge is 0.290 e. The van der Waals surface area contributed by atoms with Gasteiger partial charge in [-0.2, -0.15) is 5.10 Å². The van der Waals surface area contributed by atoms with E-state index in [-0.39, 0.29) is 12.3 Å². The van der Waals surface area contributed by atoms with E-state index in [1.165, 1.54) is 30.8 Å². The molecule has 0 radical (unpaired) electrons. The summed E-state index contributed by atoms with van der Waals surface area (Å²) in [7, 11) is 0. The van der Waals surface area contributed by atoms with Crippen LogP contribution in [0.1, 0.15) is 34.6 Å². The summed E-state index contributed by atoms with van der Waals surface area (Å²) in [4.78, 5) is 29.5. The molecule has 152 valence electrons. The van der Waals surface area contributed by atoms with Crippen LogP contribution in [0.2, 0.25) is 0 Å². The molecule has 0 amide bonds. The molecule has 2 bridgehead atoms. The number of carbonyl (C=O) groups excluding carboxylic acids is 1. The maximum absolute atomic E-state index is 13.0. The van der Waals surface area contributed by atoms with Crippen LogP contribution in [0.4, 0.5) is 0 Å². The molecule has 0 spiro atoms. The highest BCUT2D eigenvalue weighted by atomic mass is 32.1. The van der Waals surface area contributed by atoms with Gasteiger partial charge in [0.25, 0.3) is 6.47 Å². The molecular weight excluding hydrogens is 388 g/mol. The average Bonchev–Trinajstić information content (AvgIpc) is 3.35. The molecule has 7 nitrogen and oxygen atoms in total. The predicted molar refractivity (Wildman–Crippen MR) is 112 cm³/mol. The number of Topliss-reactive ketones (excluding diaryl/α,β-unsaturated/α-hetero) is 1. The van der Waals surface area contributed by atoms with Crippen molar-refractivity contribution < 1.29 is 14.7 Å². The molecule has 3 aliphatic rings. The monoisotopic (exact) mass is 412 g/mol. The van der Waals surface area contributed by atoms with Gasteiger partial charge in [-0.1, -0.05) is 0 Å². The second kappa shape index (κ2) is 8.42. The number of fused-ring (bicyclic) bond motifs is 4. The number of nitrogens with zero attached hydrogens (tertiary/aromatic N) is 3. The normalized spacial score (nSPS) is 22.9. The van der Waals surface area contributed by atoms with Crippen LogP contribution in [0, 0.1) is 18.8 Å². The van der Waals surface area contributed by atoms with Crippen LogP contribution in [0.15, 0.2) is 24.4 Å².